The predicted molar refractivity (Wildman–Crippen MR) is 107 cm³/mol. The van der Waals surface area contributed by atoms with Gasteiger partial charge in [-0.1, -0.05) is 36.4 Å². The molecule has 0 unspecified atom stereocenters. The first-order valence-electron chi connectivity index (χ1n) is 8.72. The van der Waals surface area contributed by atoms with Crippen molar-refractivity contribution < 1.29 is 24.0 Å². The Hall–Kier alpha value is -3.94. The molecule has 8 nitrogen and oxygen atoms in total. The van der Waals surface area contributed by atoms with E-state index in [4.69, 9.17) is 9.47 Å². The lowest BCUT2D eigenvalue weighted by Gasteiger charge is -2.15. The van der Waals surface area contributed by atoms with E-state index in [0.29, 0.717) is 5.56 Å². The maximum Gasteiger partial charge on any atom is 0.339 e. The molecule has 8 heteroatoms. The second-order valence-electron chi connectivity index (χ2n) is 6.21. The van der Waals surface area contributed by atoms with Gasteiger partial charge in [-0.05, 0) is 29.8 Å². The largest absolute Gasteiger partial charge is 0.494 e. The third-order valence-corrected chi connectivity index (χ3v) is 4.32. The quantitative estimate of drug-likeness (QED) is 0.385. The Morgan fingerprint density at radius 1 is 1.07 bits per heavy atom. The van der Waals surface area contributed by atoms with Crippen LogP contribution in [-0.4, -0.2) is 30.0 Å². The van der Waals surface area contributed by atoms with Crippen LogP contribution < -0.4 is 10.1 Å². The van der Waals surface area contributed by atoms with E-state index in [-0.39, 0.29) is 17.1 Å². The molecule has 0 radical (unpaired) electrons. The highest BCUT2D eigenvalue weighted by Gasteiger charge is 2.22. The van der Waals surface area contributed by atoms with Gasteiger partial charge < -0.3 is 14.8 Å². The number of amides is 1. The zero-order valence-electron chi connectivity index (χ0n) is 15.7. The number of nitro benzene ring substituents is 1. The maximum atomic E-state index is 12.6. The van der Waals surface area contributed by atoms with E-state index >= 15 is 0 Å². The number of fused-ring (bicyclic) bond motifs is 1. The smallest absolute Gasteiger partial charge is 0.339 e. The molecule has 3 rings (SSSR count). The minimum absolute atomic E-state index is 0.125. The van der Waals surface area contributed by atoms with E-state index in [1.165, 1.54) is 32.2 Å². The standard InChI is InChI=1S/C21H18N2O6/c1-13(20(24)22-18-11-10-15(23(26)27)12-19(18)28-2)29-21(25)17-9-5-7-14-6-3-4-8-16(14)17/h3-13H,1-2H3,(H,22,24)/t13-/m1/s1. The van der Waals surface area contributed by atoms with Crippen LogP contribution in [0.1, 0.15) is 17.3 Å². The molecule has 3 aromatic rings. The lowest BCUT2D eigenvalue weighted by molar-refractivity contribution is -0.384. The van der Waals surface area contributed by atoms with Crippen LogP contribution in [-0.2, 0) is 9.53 Å². The molecule has 148 valence electrons. The normalized spacial score (nSPS) is 11.5. The highest BCUT2D eigenvalue weighted by Crippen LogP contribution is 2.29. The second kappa shape index (κ2) is 8.39. The minimum Gasteiger partial charge on any atom is -0.494 e. The van der Waals surface area contributed by atoms with Crippen molar-refractivity contribution in [2.75, 3.05) is 12.4 Å². The summed E-state index contributed by atoms with van der Waals surface area (Å²) in [5.74, 6) is -1.09. The van der Waals surface area contributed by atoms with Gasteiger partial charge in [-0.3, -0.25) is 14.9 Å². The van der Waals surface area contributed by atoms with Crippen molar-refractivity contribution in [3.8, 4) is 5.75 Å². The molecule has 0 fully saturated rings. The van der Waals surface area contributed by atoms with Gasteiger partial charge in [0.2, 0.25) is 0 Å². The van der Waals surface area contributed by atoms with Gasteiger partial charge >= 0.3 is 5.97 Å². The molecule has 0 saturated heterocycles. The number of carbonyl (C=O) groups excluding carboxylic acids is 2. The number of non-ortho nitro benzene ring substituents is 1. The van der Waals surface area contributed by atoms with E-state index in [9.17, 15) is 19.7 Å². The Labute approximate surface area is 166 Å². The van der Waals surface area contributed by atoms with Gasteiger partial charge in [0.25, 0.3) is 11.6 Å². The lowest BCUT2D eigenvalue weighted by atomic mass is 10.0. The van der Waals surface area contributed by atoms with Crippen molar-refractivity contribution in [2.45, 2.75) is 13.0 Å². The Kier molecular flexibility index (Phi) is 5.73. The molecule has 29 heavy (non-hydrogen) atoms. The molecule has 0 aliphatic rings. The Balaban J connectivity index is 1.74. The SMILES string of the molecule is COc1cc([N+](=O)[O-])ccc1NC(=O)[C@@H](C)OC(=O)c1cccc2ccccc12. The third-order valence-electron chi connectivity index (χ3n) is 4.32. The molecule has 1 amide bonds. The van der Waals surface area contributed by atoms with Crippen molar-refractivity contribution in [3.05, 3.63) is 76.3 Å². The molecule has 0 bridgehead atoms. The molecule has 0 aliphatic heterocycles. The fourth-order valence-corrected chi connectivity index (χ4v) is 2.81. The van der Waals surface area contributed by atoms with Gasteiger partial charge in [-0.15, -0.1) is 0 Å². The molecular weight excluding hydrogens is 376 g/mol. The van der Waals surface area contributed by atoms with E-state index in [0.717, 1.165) is 10.8 Å². The third kappa shape index (κ3) is 4.32. The summed E-state index contributed by atoms with van der Waals surface area (Å²) in [7, 11) is 1.33. The molecule has 1 N–H and O–H groups in total. The van der Waals surface area contributed by atoms with Crippen molar-refractivity contribution in [3.63, 3.8) is 0 Å². The summed E-state index contributed by atoms with van der Waals surface area (Å²) in [4.78, 5) is 35.3. The molecule has 0 aliphatic carbocycles. The summed E-state index contributed by atoms with van der Waals surface area (Å²) in [6, 6.07) is 16.4. The van der Waals surface area contributed by atoms with Crippen LogP contribution in [0.5, 0.6) is 5.75 Å². The number of anilines is 1. The van der Waals surface area contributed by atoms with Crippen LogP contribution in [0.25, 0.3) is 10.8 Å². The highest BCUT2D eigenvalue weighted by molar-refractivity contribution is 6.05. The van der Waals surface area contributed by atoms with E-state index in [2.05, 4.69) is 5.32 Å². The fourth-order valence-electron chi connectivity index (χ4n) is 2.81. The van der Waals surface area contributed by atoms with Gasteiger partial charge in [0.1, 0.15) is 5.75 Å². The number of rotatable bonds is 6. The van der Waals surface area contributed by atoms with Crippen LogP contribution in [0, 0.1) is 10.1 Å². The van der Waals surface area contributed by atoms with Crippen molar-refractivity contribution in [2.24, 2.45) is 0 Å². The van der Waals surface area contributed by atoms with E-state index in [1.807, 2.05) is 24.3 Å². The summed E-state index contributed by atoms with van der Waals surface area (Å²) >= 11 is 0. The Morgan fingerprint density at radius 2 is 1.79 bits per heavy atom. The Bertz CT molecular complexity index is 1090. The summed E-state index contributed by atoms with van der Waals surface area (Å²) in [5.41, 5.74) is 0.419. The zero-order chi connectivity index (χ0) is 21.0. The zero-order valence-corrected chi connectivity index (χ0v) is 15.7. The minimum atomic E-state index is -1.10. The summed E-state index contributed by atoms with van der Waals surface area (Å²) in [5, 5.41) is 15.0. The number of methoxy groups -OCH3 is 1. The first-order valence-corrected chi connectivity index (χ1v) is 8.72. The van der Waals surface area contributed by atoms with Crippen LogP contribution in [0.3, 0.4) is 0 Å². The number of hydrogen-bond acceptors (Lipinski definition) is 6. The van der Waals surface area contributed by atoms with Crippen LogP contribution >= 0.6 is 0 Å². The van der Waals surface area contributed by atoms with Crippen molar-refractivity contribution >= 4 is 34.0 Å². The average Bonchev–Trinajstić information content (AvgIpc) is 2.73. The highest BCUT2D eigenvalue weighted by atomic mass is 16.6. The first-order chi connectivity index (χ1) is 13.9. The number of ether oxygens (including phenoxy) is 2. The lowest BCUT2D eigenvalue weighted by Crippen LogP contribution is -2.30. The number of nitro groups is 1. The number of benzene rings is 3. The van der Waals surface area contributed by atoms with E-state index in [1.54, 1.807) is 18.2 Å². The molecular formula is C21H18N2O6. The first kappa shape index (κ1) is 19.8. The monoisotopic (exact) mass is 394 g/mol. The molecule has 0 spiro atoms. The number of hydrogen-bond donors (Lipinski definition) is 1. The van der Waals surface area contributed by atoms with Crippen molar-refractivity contribution in [1.82, 2.24) is 0 Å². The molecule has 3 aromatic carbocycles. The van der Waals surface area contributed by atoms with Crippen LogP contribution in [0.4, 0.5) is 11.4 Å². The van der Waals surface area contributed by atoms with Gasteiger partial charge in [-0.25, -0.2) is 4.79 Å². The number of nitrogens with one attached hydrogen (secondary N) is 1. The van der Waals surface area contributed by atoms with Gasteiger partial charge in [0.05, 0.1) is 29.4 Å². The van der Waals surface area contributed by atoms with Gasteiger partial charge in [0.15, 0.2) is 6.10 Å². The fraction of sp³-hybridized carbons (Fsp3) is 0.143. The average molecular weight is 394 g/mol. The van der Waals surface area contributed by atoms with Crippen LogP contribution in [0.2, 0.25) is 0 Å². The second-order valence-corrected chi connectivity index (χ2v) is 6.21. The van der Waals surface area contributed by atoms with Crippen molar-refractivity contribution in [1.29, 1.82) is 0 Å². The predicted octanol–water partition coefficient (Wildman–Crippen LogP) is 3.94. The topological polar surface area (TPSA) is 108 Å². The molecule has 0 aromatic heterocycles. The van der Waals surface area contributed by atoms with Crippen LogP contribution in [0.15, 0.2) is 60.7 Å². The molecule has 0 heterocycles. The van der Waals surface area contributed by atoms with E-state index < -0.39 is 22.9 Å². The number of esters is 1. The molecule has 0 saturated carbocycles. The number of nitrogens with zero attached hydrogens (tertiary/aromatic N) is 1. The van der Waals surface area contributed by atoms with Gasteiger partial charge in [0, 0.05) is 6.07 Å². The Morgan fingerprint density at radius 3 is 2.52 bits per heavy atom. The number of carbonyl (C=O) groups is 2. The molecule has 1 atom stereocenters. The summed E-state index contributed by atoms with van der Waals surface area (Å²) in [6.45, 7) is 1.44. The summed E-state index contributed by atoms with van der Waals surface area (Å²) in [6.07, 6.45) is -1.10. The maximum absolute atomic E-state index is 12.6. The summed E-state index contributed by atoms with van der Waals surface area (Å²) < 4.78 is 10.4. The van der Waals surface area contributed by atoms with Gasteiger partial charge in [-0.2, -0.15) is 0 Å².